The van der Waals surface area contributed by atoms with Crippen LogP contribution in [0.5, 0.6) is 5.75 Å². The molecule has 0 fully saturated rings. The van der Waals surface area contributed by atoms with Gasteiger partial charge in [-0.1, -0.05) is 12.1 Å². The van der Waals surface area contributed by atoms with Crippen molar-refractivity contribution in [2.75, 3.05) is 27.2 Å². The van der Waals surface area contributed by atoms with Gasteiger partial charge in [-0.05, 0) is 38.5 Å². The van der Waals surface area contributed by atoms with Gasteiger partial charge in [0.05, 0.1) is 19.1 Å². The van der Waals surface area contributed by atoms with Gasteiger partial charge in [-0.25, -0.2) is 4.99 Å². The SMILES string of the molecule is CCNC(=NCc1cccc(OC)c1)NCC(C)(C)C(=O)NC. The van der Waals surface area contributed by atoms with Crippen molar-refractivity contribution in [3.05, 3.63) is 29.8 Å². The second-order valence-corrected chi connectivity index (χ2v) is 5.86. The molecule has 0 aliphatic heterocycles. The molecule has 1 amide bonds. The van der Waals surface area contributed by atoms with E-state index in [4.69, 9.17) is 4.74 Å². The zero-order valence-electron chi connectivity index (χ0n) is 14.7. The van der Waals surface area contributed by atoms with Crippen molar-refractivity contribution in [3.8, 4) is 5.75 Å². The predicted octanol–water partition coefficient (Wildman–Crippen LogP) is 1.52. The quantitative estimate of drug-likeness (QED) is 0.526. The molecule has 0 heterocycles. The molecule has 0 bridgehead atoms. The van der Waals surface area contributed by atoms with E-state index in [1.807, 2.05) is 45.0 Å². The molecule has 0 spiro atoms. The van der Waals surface area contributed by atoms with Gasteiger partial charge in [-0.15, -0.1) is 0 Å². The van der Waals surface area contributed by atoms with Crippen LogP contribution in [0.1, 0.15) is 26.3 Å². The highest BCUT2D eigenvalue weighted by Crippen LogP contribution is 2.14. The highest BCUT2D eigenvalue weighted by molar-refractivity contribution is 5.84. The van der Waals surface area contributed by atoms with Gasteiger partial charge >= 0.3 is 0 Å². The molecule has 0 saturated heterocycles. The van der Waals surface area contributed by atoms with Crippen molar-refractivity contribution in [2.45, 2.75) is 27.3 Å². The first-order valence-electron chi connectivity index (χ1n) is 7.80. The predicted molar refractivity (Wildman–Crippen MR) is 93.7 cm³/mol. The lowest BCUT2D eigenvalue weighted by Gasteiger charge is -2.24. The summed E-state index contributed by atoms with van der Waals surface area (Å²) in [5.74, 6) is 1.50. The van der Waals surface area contributed by atoms with Gasteiger partial charge in [0.1, 0.15) is 5.75 Å². The third-order valence-corrected chi connectivity index (χ3v) is 3.44. The van der Waals surface area contributed by atoms with Gasteiger partial charge in [0, 0.05) is 20.1 Å². The molecule has 1 rings (SSSR count). The molecule has 3 N–H and O–H groups in total. The molecule has 0 radical (unpaired) electrons. The first-order chi connectivity index (χ1) is 10.9. The highest BCUT2D eigenvalue weighted by Gasteiger charge is 2.26. The monoisotopic (exact) mass is 320 g/mol. The molecule has 1 aromatic carbocycles. The number of aliphatic imine (C=N–C) groups is 1. The number of hydrogen-bond acceptors (Lipinski definition) is 3. The molecule has 1 aromatic rings. The lowest BCUT2D eigenvalue weighted by molar-refractivity contribution is -0.128. The lowest BCUT2D eigenvalue weighted by Crippen LogP contribution is -2.47. The molecule has 0 aliphatic rings. The molecule has 0 saturated carbocycles. The summed E-state index contributed by atoms with van der Waals surface area (Å²) in [6.07, 6.45) is 0. The van der Waals surface area contributed by atoms with E-state index >= 15 is 0 Å². The Bertz CT molecular complexity index is 541. The second kappa shape index (κ2) is 9.02. The van der Waals surface area contributed by atoms with E-state index in [1.165, 1.54) is 0 Å². The maximum absolute atomic E-state index is 11.8. The van der Waals surface area contributed by atoms with E-state index in [0.717, 1.165) is 17.9 Å². The Morgan fingerprint density at radius 3 is 2.65 bits per heavy atom. The minimum absolute atomic E-state index is 0.00588. The zero-order chi connectivity index (χ0) is 17.3. The summed E-state index contributed by atoms with van der Waals surface area (Å²) >= 11 is 0. The fraction of sp³-hybridized carbons (Fsp3) is 0.529. The summed E-state index contributed by atoms with van der Waals surface area (Å²) in [6, 6.07) is 7.81. The molecule has 0 aliphatic carbocycles. The minimum atomic E-state index is -0.513. The number of guanidine groups is 1. The number of rotatable bonds is 7. The van der Waals surface area contributed by atoms with E-state index in [9.17, 15) is 4.79 Å². The second-order valence-electron chi connectivity index (χ2n) is 5.86. The van der Waals surface area contributed by atoms with Gasteiger partial charge < -0.3 is 20.7 Å². The van der Waals surface area contributed by atoms with Crippen molar-refractivity contribution < 1.29 is 9.53 Å². The first kappa shape index (κ1) is 18.8. The third-order valence-electron chi connectivity index (χ3n) is 3.44. The maximum atomic E-state index is 11.8. The van der Waals surface area contributed by atoms with Gasteiger partial charge in [-0.2, -0.15) is 0 Å². The first-order valence-corrected chi connectivity index (χ1v) is 7.80. The van der Waals surface area contributed by atoms with Crippen LogP contribution >= 0.6 is 0 Å². The molecule has 128 valence electrons. The summed E-state index contributed by atoms with van der Waals surface area (Å²) in [7, 11) is 3.29. The smallest absolute Gasteiger partial charge is 0.227 e. The largest absolute Gasteiger partial charge is 0.497 e. The Hall–Kier alpha value is -2.24. The van der Waals surface area contributed by atoms with Crippen molar-refractivity contribution in [2.24, 2.45) is 10.4 Å². The summed E-state index contributed by atoms with van der Waals surface area (Å²) in [4.78, 5) is 16.4. The average Bonchev–Trinajstić information content (AvgIpc) is 2.56. The Balaban J connectivity index is 2.71. The number of hydrogen-bond donors (Lipinski definition) is 3. The fourth-order valence-corrected chi connectivity index (χ4v) is 2.01. The number of amides is 1. The summed E-state index contributed by atoms with van der Waals surface area (Å²) in [5.41, 5.74) is 0.549. The molecule has 6 heteroatoms. The van der Waals surface area contributed by atoms with Crippen LogP contribution in [0.25, 0.3) is 0 Å². The molecular formula is C17H28N4O2. The molecule has 0 unspecified atom stereocenters. The summed E-state index contributed by atoms with van der Waals surface area (Å²) in [6.45, 7) is 7.58. The van der Waals surface area contributed by atoms with E-state index in [1.54, 1.807) is 14.2 Å². The van der Waals surface area contributed by atoms with Crippen LogP contribution < -0.4 is 20.7 Å². The van der Waals surface area contributed by atoms with Gasteiger partial charge in [0.25, 0.3) is 0 Å². The van der Waals surface area contributed by atoms with E-state index in [0.29, 0.717) is 19.0 Å². The Morgan fingerprint density at radius 2 is 2.04 bits per heavy atom. The zero-order valence-corrected chi connectivity index (χ0v) is 14.7. The topological polar surface area (TPSA) is 74.8 Å². The summed E-state index contributed by atoms with van der Waals surface area (Å²) in [5, 5.41) is 9.09. The van der Waals surface area contributed by atoms with Crippen molar-refractivity contribution in [1.29, 1.82) is 0 Å². The van der Waals surface area contributed by atoms with Crippen molar-refractivity contribution in [3.63, 3.8) is 0 Å². The Morgan fingerprint density at radius 1 is 1.30 bits per heavy atom. The van der Waals surface area contributed by atoms with Gasteiger partial charge in [0.2, 0.25) is 5.91 Å². The van der Waals surface area contributed by atoms with Crippen LogP contribution in [0.2, 0.25) is 0 Å². The van der Waals surface area contributed by atoms with Crippen LogP contribution in [-0.4, -0.2) is 39.1 Å². The number of carbonyl (C=O) groups is 1. The number of nitrogens with one attached hydrogen (secondary N) is 3. The molecule has 0 atom stereocenters. The summed E-state index contributed by atoms with van der Waals surface area (Å²) < 4.78 is 5.22. The third kappa shape index (κ3) is 6.18. The highest BCUT2D eigenvalue weighted by atomic mass is 16.5. The standard InChI is InChI=1S/C17H28N4O2/c1-6-19-16(21-12-17(2,3)15(22)18-4)20-11-13-8-7-9-14(10-13)23-5/h7-10H,6,11-12H2,1-5H3,(H,18,22)(H2,19,20,21). The number of nitrogens with zero attached hydrogens (tertiary/aromatic N) is 1. The molecular weight excluding hydrogens is 292 g/mol. The van der Waals surface area contributed by atoms with E-state index in [2.05, 4.69) is 20.9 Å². The van der Waals surface area contributed by atoms with Gasteiger partial charge in [-0.3, -0.25) is 4.79 Å². The number of benzene rings is 1. The Labute approximate surface area is 138 Å². The van der Waals surface area contributed by atoms with Crippen LogP contribution in [0.3, 0.4) is 0 Å². The fourth-order valence-electron chi connectivity index (χ4n) is 2.01. The molecule has 6 nitrogen and oxygen atoms in total. The number of carbonyl (C=O) groups excluding carboxylic acids is 1. The minimum Gasteiger partial charge on any atom is -0.497 e. The van der Waals surface area contributed by atoms with Crippen LogP contribution in [-0.2, 0) is 11.3 Å². The van der Waals surface area contributed by atoms with Crippen molar-refractivity contribution >= 4 is 11.9 Å². The lowest BCUT2D eigenvalue weighted by atomic mass is 9.92. The number of methoxy groups -OCH3 is 1. The van der Waals surface area contributed by atoms with Crippen LogP contribution in [0.4, 0.5) is 0 Å². The average molecular weight is 320 g/mol. The van der Waals surface area contributed by atoms with Gasteiger partial charge in [0.15, 0.2) is 5.96 Å². The molecule has 0 aromatic heterocycles. The maximum Gasteiger partial charge on any atom is 0.227 e. The van der Waals surface area contributed by atoms with Crippen LogP contribution in [0, 0.1) is 5.41 Å². The number of ether oxygens (including phenoxy) is 1. The van der Waals surface area contributed by atoms with E-state index in [-0.39, 0.29) is 5.91 Å². The van der Waals surface area contributed by atoms with Crippen molar-refractivity contribution in [1.82, 2.24) is 16.0 Å². The van der Waals surface area contributed by atoms with E-state index < -0.39 is 5.41 Å². The normalized spacial score (nSPS) is 11.8. The Kier molecular flexibility index (Phi) is 7.38. The molecule has 23 heavy (non-hydrogen) atoms. The van der Waals surface area contributed by atoms with Crippen LogP contribution in [0.15, 0.2) is 29.3 Å².